The Morgan fingerprint density at radius 1 is 1.44 bits per heavy atom. The van der Waals surface area contributed by atoms with E-state index in [1.165, 1.54) is 16.7 Å². The van der Waals surface area contributed by atoms with Crippen molar-refractivity contribution in [3.8, 4) is 0 Å². The molecule has 0 fully saturated rings. The van der Waals surface area contributed by atoms with Crippen LogP contribution < -0.4 is 5.73 Å². The van der Waals surface area contributed by atoms with Crippen LogP contribution >= 0.6 is 0 Å². The highest BCUT2D eigenvalue weighted by atomic mass is 16.4. The van der Waals surface area contributed by atoms with Crippen molar-refractivity contribution in [1.82, 2.24) is 0 Å². The molecule has 0 spiro atoms. The van der Waals surface area contributed by atoms with Crippen LogP contribution in [0.5, 0.6) is 0 Å². The summed E-state index contributed by atoms with van der Waals surface area (Å²) >= 11 is 0. The molecule has 0 saturated carbocycles. The summed E-state index contributed by atoms with van der Waals surface area (Å²) in [5, 5.41) is 8.77. The van der Waals surface area contributed by atoms with Crippen molar-refractivity contribution in [1.29, 1.82) is 0 Å². The Hall–Kier alpha value is -1.35. The van der Waals surface area contributed by atoms with Gasteiger partial charge in [0.15, 0.2) is 0 Å². The lowest BCUT2D eigenvalue weighted by Gasteiger charge is -2.15. The first kappa shape index (κ1) is 11.1. The summed E-state index contributed by atoms with van der Waals surface area (Å²) in [7, 11) is 0. The van der Waals surface area contributed by atoms with Gasteiger partial charge in [0.2, 0.25) is 0 Å². The quantitative estimate of drug-likeness (QED) is 0.816. The third-order valence-electron chi connectivity index (χ3n) is 3.35. The zero-order chi connectivity index (χ0) is 11.7. The van der Waals surface area contributed by atoms with Gasteiger partial charge in [0.25, 0.3) is 0 Å². The van der Waals surface area contributed by atoms with Crippen LogP contribution in [0.15, 0.2) is 12.1 Å². The van der Waals surface area contributed by atoms with E-state index in [0.29, 0.717) is 0 Å². The fraction of sp³-hybridized carbons (Fsp3) is 0.462. The first-order chi connectivity index (χ1) is 7.59. The fourth-order valence-corrected chi connectivity index (χ4v) is 2.56. The summed E-state index contributed by atoms with van der Waals surface area (Å²) in [6, 6.07) is 3.68. The lowest BCUT2D eigenvalue weighted by Crippen LogP contribution is -2.17. The van der Waals surface area contributed by atoms with E-state index in [9.17, 15) is 4.79 Å². The van der Waals surface area contributed by atoms with Crippen molar-refractivity contribution in [2.45, 2.75) is 38.6 Å². The first-order valence-electron chi connectivity index (χ1n) is 5.68. The van der Waals surface area contributed by atoms with Crippen molar-refractivity contribution < 1.29 is 9.90 Å². The highest BCUT2D eigenvalue weighted by Crippen LogP contribution is 2.31. The van der Waals surface area contributed by atoms with Gasteiger partial charge in [-0.05, 0) is 48.4 Å². The van der Waals surface area contributed by atoms with Crippen LogP contribution in [0.1, 0.15) is 41.1 Å². The number of fused-ring (bicyclic) bond motifs is 1. The molecule has 0 amide bonds. The van der Waals surface area contributed by atoms with Gasteiger partial charge in [-0.3, -0.25) is 4.79 Å². The second-order valence-electron chi connectivity index (χ2n) is 4.49. The van der Waals surface area contributed by atoms with Crippen molar-refractivity contribution in [3.63, 3.8) is 0 Å². The number of carboxylic acid groups (broad SMARTS) is 1. The standard InChI is InChI=1S/C13H17NO2/c1-8-5-6-11(12(14)7-13(15)16)10-4-2-3-9(8)10/h5-6,12H,2-4,7,14H2,1H3,(H,15,16). The first-order valence-corrected chi connectivity index (χ1v) is 5.68. The lowest BCUT2D eigenvalue weighted by molar-refractivity contribution is -0.137. The van der Waals surface area contributed by atoms with Crippen molar-refractivity contribution in [2.24, 2.45) is 5.73 Å². The number of hydrogen-bond acceptors (Lipinski definition) is 2. The molecular formula is C13H17NO2. The van der Waals surface area contributed by atoms with E-state index in [0.717, 1.165) is 24.8 Å². The van der Waals surface area contributed by atoms with E-state index < -0.39 is 5.97 Å². The average Bonchev–Trinajstić information content (AvgIpc) is 2.66. The Bertz CT molecular complexity index is 426. The Labute approximate surface area is 95.3 Å². The SMILES string of the molecule is Cc1ccc(C(N)CC(=O)O)c2c1CCC2. The molecule has 0 aliphatic heterocycles. The predicted octanol–water partition coefficient (Wildman–Crippen LogP) is 1.96. The molecule has 0 radical (unpaired) electrons. The second-order valence-corrected chi connectivity index (χ2v) is 4.49. The zero-order valence-corrected chi connectivity index (χ0v) is 9.49. The summed E-state index contributed by atoms with van der Waals surface area (Å²) in [6.07, 6.45) is 3.32. The molecule has 0 heterocycles. The van der Waals surface area contributed by atoms with Gasteiger partial charge in [-0.1, -0.05) is 12.1 Å². The third-order valence-corrected chi connectivity index (χ3v) is 3.35. The van der Waals surface area contributed by atoms with E-state index in [2.05, 4.69) is 13.0 Å². The van der Waals surface area contributed by atoms with Gasteiger partial charge in [0, 0.05) is 6.04 Å². The van der Waals surface area contributed by atoms with Crippen molar-refractivity contribution in [2.75, 3.05) is 0 Å². The van der Waals surface area contributed by atoms with Gasteiger partial charge in [-0.25, -0.2) is 0 Å². The molecule has 3 N–H and O–H groups in total. The topological polar surface area (TPSA) is 63.3 Å². The minimum atomic E-state index is -0.833. The van der Waals surface area contributed by atoms with Gasteiger partial charge in [-0.2, -0.15) is 0 Å². The number of aryl methyl sites for hydroxylation is 1. The van der Waals surface area contributed by atoms with Gasteiger partial charge in [0.1, 0.15) is 0 Å². The normalized spacial score (nSPS) is 15.9. The summed E-state index contributed by atoms with van der Waals surface area (Å²) in [5.41, 5.74) is 11.0. The Kier molecular flexibility index (Phi) is 2.97. The van der Waals surface area contributed by atoms with Gasteiger partial charge in [-0.15, -0.1) is 0 Å². The van der Waals surface area contributed by atoms with Gasteiger partial charge >= 0.3 is 5.97 Å². The second kappa shape index (κ2) is 4.26. The molecule has 1 aliphatic carbocycles. The molecule has 1 unspecified atom stereocenters. The number of rotatable bonds is 3. The number of benzene rings is 1. The van der Waals surface area contributed by atoms with Crippen LogP contribution in [0.2, 0.25) is 0 Å². The molecule has 16 heavy (non-hydrogen) atoms. The van der Waals surface area contributed by atoms with E-state index >= 15 is 0 Å². The fourth-order valence-electron chi connectivity index (χ4n) is 2.56. The molecule has 1 aromatic carbocycles. The average molecular weight is 219 g/mol. The van der Waals surface area contributed by atoms with E-state index in [1.807, 2.05) is 6.07 Å². The Morgan fingerprint density at radius 2 is 2.12 bits per heavy atom. The number of aliphatic carboxylic acids is 1. The third kappa shape index (κ3) is 1.95. The molecule has 0 saturated heterocycles. The van der Waals surface area contributed by atoms with Gasteiger partial charge in [0.05, 0.1) is 6.42 Å². The number of nitrogens with two attached hydrogens (primary N) is 1. The number of hydrogen-bond donors (Lipinski definition) is 2. The molecule has 1 atom stereocenters. The number of carbonyl (C=O) groups is 1. The Morgan fingerprint density at radius 3 is 2.81 bits per heavy atom. The van der Waals surface area contributed by atoms with Crippen LogP contribution in [0, 0.1) is 6.92 Å². The summed E-state index contributed by atoms with van der Waals surface area (Å²) in [4.78, 5) is 10.7. The molecule has 2 rings (SSSR count). The maximum absolute atomic E-state index is 10.7. The monoisotopic (exact) mass is 219 g/mol. The van der Waals surface area contributed by atoms with Crippen molar-refractivity contribution >= 4 is 5.97 Å². The van der Waals surface area contributed by atoms with E-state index in [-0.39, 0.29) is 12.5 Å². The van der Waals surface area contributed by atoms with Crippen LogP contribution in [-0.4, -0.2) is 11.1 Å². The van der Waals surface area contributed by atoms with E-state index in [4.69, 9.17) is 10.8 Å². The summed E-state index contributed by atoms with van der Waals surface area (Å²) < 4.78 is 0. The molecule has 1 aliphatic rings. The predicted molar refractivity (Wildman–Crippen MR) is 62.4 cm³/mol. The lowest BCUT2D eigenvalue weighted by atomic mass is 9.93. The van der Waals surface area contributed by atoms with Crippen LogP contribution in [0.4, 0.5) is 0 Å². The van der Waals surface area contributed by atoms with Crippen molar-refractivity contribution in [3.05, 3.63) is 34.4 Å². The smallest absolute Gasteiger partial charge is 0.305 e. The molecule has 0 bridgehead atoms. The molecule has 3 nitrogen and oxygen atoms in total. The number of carboxylic acids is 1. The summed E-state index contributed by atoms with van der Waals surface area (Å²) in [6.45, 7) is 2.11. The highest BCUT2D eigenvalue weighted by Gasteiger charge is 2.21. The minimum Gasteiger partial charge on any atom is -0.481 e. The highest BCUT2D eigenvalue weighted by molar-refractivity contribution is 5.68. The molecule has 1 aromatic rings. The maximum Gasteiger partial charge on any atom is 0.305 e. The molecule has 86 valence electrons. The molecule has 0 aromatic heterocycles. The maximum atomic E-state index is 10.7. The molecule has 3 heteroatoms. The van der Waals surface area contributed by atoms with Crippen LogP contribution in [0.25, 0.3) is 0 Å². The van der Waals surface area contributed by atoms with Crippen LogP contribution in [0.3, 0.4) is 0 Å². The summed E-state index contributed by atoms with van der Waals surface area (Å²) in [5.74, 6) is -0.833. The largest absolute Gasteiger partial charge is 0.481 e. The van der Waals surface area contributed by atoms with E-state index in [1.54, 1.807) is 0 Å². The zero-order valence-electron chi connectivity index (χ0n) is 9.49. The minimum absolute atomic E-state index is 0.00943. The Balaban J connectivity index is 2.35. The molecular weight excluding hydrogens is 202 g/mol. The van der Waals surface area contributed by atoms with Gasteiger partial charge < -0.3 is 10.8 Å². The van der Waals surface area contributed by atoms with Crippen LogP contribution in [-0.2, 0) is 17.6 Å².